The van der Waals surface area contributed by atoms with Crippen molar-refractivity contribution in [1.29, 1.82) is 0 Å². The molecule has 0 fully saturated rings. The van der Waals surface area contributed by atoms with Crippen LogP contribution in [0.25, 0.3) is 0 Å². The quantitative estimate of drug-likeness (QED) is 0.258. The maximum absolute atomic E-state index is 13.2. The number of nitrogens with zero attached hydrogens (tertiary/aromatic N) is 3. The normalized spacial score (nSPS) is 16.8. The first-order chi connectivity index (χ1) is 19.2. The Bertz CT molecular complexity index is 1470. The van der Waals surface area contributed by atoms with E-state index in [2.05, 4.69) is 34.2 Å². The molecule has 1 heterocycles. The lowest BCUT2D eigenvalue weighted by molar-refractivity contribution is -0.123. The molecule has 2 aliphatic rings. The van der Waals surface area contributed by atoms with Crippen molar-refractivity contribution in [3.8, 4) is 5.75 Å². The van der Waals surface area contributed by atoms with Crippen molar-refractivity contribution in [2.45, 2.75) is 26.7 Å². The number of Topliss-reactive ketones (excluding diaryl/α,β-unsaturated/α-hetero) is 1. The van der Waals surface area contributed by atoms with E-state index in [1.807, 2.05) is 60.7 Å². The van der Waals surface area contributed by atoms with E-state index in [1.54, 1.807) is 12.1 Å². The van der Waals surface area contributed by atoms with Crippen LogP contribution in [0.4, 0.5) is 11.4 Å². The van der Waals surface area contributed by atoms with Crippen LogP contribution >= 0.6 is 23.2 Å². The lowest BCUT2D eigenvalue weighted by atomic mass is 9.74. The van der Waals surface area contributed by atoms with Gasteiger partial charge in [0, 0.05) is 51.2 Å². The second kappa shape index (κ2) is 11.7. The van der Waals surface area contributed by atoms with Gasteiger partial charge in [-0.15, -0.1) is 0 Å². The first-order valence-corrected chi connectivity index (χ1v) is 13.8. The van der Waals surface area contributed by atoms with E-state index in [0.717, 1.165) is 29.1 Å². The molecule has 1 aliphatic heterocycles. The standard InChI is InChI=1S/C31H30Cl2N4O3/c1-31(2)15-28-26(29(38)16-31)18-36(20-37(28)24-9-7-22(32)8-10-24)23-11-13-25(14-12-23)40-19-30(39)35-34-17-21-5-3-4-6-27(21)33/h3-14,17H,15-16,18-20H2,1-2H3,(H,35,39)/b34-17+. The van der Waals surface area contributed by atoms with Crippen LogP contribution in [0.3, 0.4) is 0 Å². The number of carbonyl (C=O) groups is 2. The molecule has 3 aromatic carbocycles. The maximum atomic E-state index is 13.2. The van der Waals surface area contributed by atoms with Gasteiger partial charge in [-0.3, -0.25) is 9.59 Å². The Balaban J connectivity index is 1.25. The summed E-state index contributed by atoms with van der Waals surface area (Å²) in [6, 6.07) is 22.4. The summed E-state index contributed by atoms with van der Waals surface area (Å²) in [6.07, 6.45) is 2.85. The molecule has 0 saturated carbocycles. The Kier molecular flexibility index (Phi) is 8.14. The van der Waals surface area contributed by atoms with E-state index < -0.39 is 0 Å². The first-order valence-electron chi connectivity index (χ1n) is 13.0. The SMILES string of the molecule is CC1(C)CC(=O)C2=C(C1)N(c1ccc(Cl)cc1)CN(c1ccc(OCC(=O)N/N=C/c3ccccc3Cl)cc1)C2. The number of hydrogen-bond acceptors (Lipinski definition) is 6. The van der Waals surface area contributed by atoms with Crippen LogP contribution in [-0.2, 0) is 9.59 Å². The summed E-state index contributed by atoms with van der Waals surface area (Å²) in [7, 11) is 0. The molecule has 0 radical (unpaired) electrons. The minimum atomic E-state index is -0.389. The van der Waals surface area contributed by atoms with Crippen molar-refractivity contribution in [2.24, 2.45) is 10.5 Å². The number of ketones is 1. The topological polar surface area (TPSA) is 74.2 Å². The Hall–Kier alpha value is -3.81. The van der Waals surface area contributed by atoms with Crippen LogP contribution in [0.15, 0.2) is 89.2 Å². The second-order valence-electron chi connectivity index (χ2n) is 10.7. The Morgan fingerprint density at radius 2 is 1.70 bits per heavy atom. The van der Waals surface area contributed by atoms with Crippen molar-refractivity contribution in [1.82, 2.24) is 5.43 Å². The lowest BCUT2D eigenvalue weighted by Crippen LogP contribution is -2.48. The van der Waals surface area contributed by atoms with Crippen LogP contribution < -0.4 is 20.0 Å². The molecule has 7 nitrogen and oxygen atoms in total. The third-order valence-corrected chi connectivity index (χ3v) is 7.56. The molecule has 0 atom stereocenters. The van der Waals surface area contributed by atoms with E-state index in [1.165, 1.54) is 6.21 Å². The van der Waals surface area contributed by atoms with Crippen molar-refractivity contribution in [3.63, 3.8) is 0 Å². The molecule has 0 unspecified atom stereocenters. The molecule has 1 aliphatic carbocycles. The van der Waals surface area contributed by atoms with Crippen molar-refractivity contribution >= 4 is 52.5 Å². The van der Waals surface area contributed by atoms with Crippen LogP contribution in [0.1, 0.15) is 32.3 Å². The van der Waals surface area contributed by atoms with Gasteiger partial charge >= 0.3 is 0 Å². The monoisotopic (exact) mass is 576 g/mol. The van der Waals surface area contributed by atoms with E-state index in [4.69, 9.17) is 27.9 Å². The van der Waals surface area contributed by atoms with Crippen molar-refractivity contribution in [3.05, 3.63) is 99.7 Å². The minimum absolute atomic E-state index is 0.0893. The lowest BCUT2D eigenvalue weighted by Gasteiger charge is -2.45. The van der Waals surface area contributed by atoms with Gasteiger partial charge < -0.3 is 14.5 Å². The van der Waals surface area contributed by atoms with Crippen LogP contribution in [-0.4, -0.2) is 37.7 Å². The highest BCUT2D eigenvalue weighted by Gasteiger charge is 2.39. The Labute approximate surface area is 244 Å². The number of halogens is 2. The molecule has 3 aromatic rings. The van der Waals surface area contributed by atoms with Gasteiger partial charge in [-0.05, 0) is 66.4 Å². The minimum Gasteiger partial charge on any atom is -0.484 e. The van der Waals surface area contributed by atoms with E-state index in [9.17, 15) is 9.59 Å². The number of amides is 1. The van der Waals surface area contributed by atoms with Gasteiger partial charge in [0.05, 0.1) is 12.9 Å². The van der Waals surface area contributed by atoms with E-state index in [-0.39, 0.29) is 23.7 Å². The maximum Gasteiger partial charge on any atom is 0.277 e. The van der Waals surface area contributed by atoms with Gasteiger partial charge in [0.15, 0.2) is 12.4 Å². The molecule has 1 N–H and O–H groups in total. The molecular weight excluding hydrogens is 547 g/mol. The third-order valence-electron chi connectivity index (χ3n) is 6.97. The van der Waals surface area contributed by atoms with Gasteiger partial charge in [-0.2, -0.15) is 5.10 Å². The van der Waals surface area contributed by atoms with Crippen LogP contribution in [0.5, 0.6) is 5.75 Å². The zero-order chi connectivity index (χ0) is 28.3. The fraction of sp³-hybridized carbons (Fsp3) is 0.258. The summed E-state index contributed by atoms with van der Waals surface area (Å²) >= 11 is 12.2. The number of allylic oxidation sites excluding steroid dienone is 1. The molecule has 206 valence electrons. The highest BCUT2D eigenvalue weighted by atomic mass is 35.5. The molecule has 0 bridgehead atoms. The van der Waals surface area contributed by atoms with Crippen molar-refractivity contribution < 1.29 is 14.3 Å². The number of nitrogens with one attached hydrogen (secondary N) is 1. The van der Waals surface area contributed by atoms with Crippen molar-refractivity contribution in [2.75, 3.05) is 29.6 Å². The molecule has 9 heteroatoms. The number of anilines is 2. The molecule has 0 saturated heterocycles. The summed E-state index contributed by atoms with van der Waals surface area (Å²) in [5, 5.41) is 5.15. The van der Waals surface area contributed by atoms with Gasteiger partial charge in [0.1, 0.15) is 5.75 Å². The third kappa shape index (κ3) is 6.49. The first kappa shape index (κ1) is 27.7. The number of carbonyl (C=O) groups excluding carboxylic acids is 2. The summed E-state index contributed by atoms with van der Waals surface area (Å²) in [5.74, 6) is 0.356. The van der Waals surface area contributed by atoms with E-state index in [0.29, 0.717) is 41.0 Å². The zero-order valence-corrected chi connectivity index (χ0v) is 23.9. The average Bonchev–Trinajstić information content (AvgIpc) is 2.93. The fourth-order valence-corrected chi connectivity index (χ4v) is 5.29. The zero-order valence-electron chi connectivity index (χ0n) is 22.4. The largest absolute Gasteiger partial charge is 0.484 e. The van der Waals surface area contributed by atoms with Gasteiger partial charge in [-0.25, -0.2) is 5.43 Å². The highest BCUT2D eigenvalue weighted by molar-refractivity contribution is 6.33. The predicted octanol–water partition coefficient (Wildman–Crippen LogP) is 6.45. The predicted molar refractivity (Wildman–Crippen MR) is 160 cm³/mol. The van der Waals surface area contributed by atoms with Crippen LogP contribution in [0, 0.1) is 5.41 Å². The summed E-state index contributed by atoms with van der Waals surface area (Å²) in [6.45, 7) is 5.24. The molecule has 1 amide bonds. The van der Waals surface area contributed by atoms with Gasteiger partial charge in [0.25, 0.3) is 5.91 Å². The Morgan fingerprint density at radius 1 is 1.00 bits per heavy atom. The Morgan fingerprint density at radius 3 is 2.42 bits per heavy atom. The average molecular weight is 578 g/mol. The van der Waals surface area contributed by atoms with Gasteiger partial charge in [-0.1, -0.05) is 55.2 Å². The molecule has 0 spiro atoms. The molecule has 0 aromatic heterocycles. The number of hydrogen-bond donors (Lipinski definition) is 1. The molecule has 5 rings (SSSR count). The number of ether oxygens (including phenoxy) is 1. The number of hydrazone groups is 1. The number of rotatable bonds is 7. The number of benzene rings is 3. The highest BCUT2D eigenvalue weighted by Crippen LogP contribution is 2.42. The molecular formula is C31H30Cl2N4O3. The summed E-state index contributed by atoms with van der Waals surface area (Å²) in [5.41, 5.74) is 6.94. The summed E-state index contributed by atoms with van der Waals surface area (Å²) < 4.78 is 5.65. The fourth-order valence-electron chi connectivity index (χ4n) is 4.98. The van der Waals surface area contributed by atoms with Gasteiger partial charge in [0.2, 0.25) is 0 Å². The van der Waals surface area contributed by atoms with Crippen LogP contribution in [0.2, 0.25) is 10.0 Å². The van der Waals surface area contributed by atoms with E-state index >= 15 is 0 Å². The summed E-state index contributed by atoms with van der Waals surface area (Å²) in [4.78, 5) is 29.8. The second-order valence-corrected chi connectivity index (χ2v) is 11.6. The smallest absolute Gasteiger partial charge is 0.277 e. The molecule has 40 heavy (non-hydrogen) atoms.